The molecule has 2 rings (SSSR count). The van der Waals surface area contributed by atoms with Crippen LogP contribution in [0.1, 0.15) is 12.0 Å². The minimum Gasteiger partial charge on any atom is -0.347 e. The van der Waals surface area contributed by atoms with Gasteiger partial charge >= 0.3 is 0 Å². The molecule has 0 fully saturated rings. The van der Waals surface area contributed by atoms with Crippen LogP contribution in [0, 0.1) is 0 Å². The predicted molar refractivity (Wildman–Crippen MR) is 77.9 cm³/mol. The number of hydrogen-bond acceptors (Lipinski definition) is 2. The van der Waals surface area contributed by atoms with E-state index in [0.717, 1.165) is 19.6 Å². The van der Waals surface area contributed by atoms with Gasteiger partial charge in [-0.1, -0.05) is 6.07 Å². The van der Waals surface area contributed by atoms with Crippen LogP contribution < -0.4 is 5.32 Å². The second kappa shape index (κ2) is 6.03. The molecular weight excluding hydrogens is 222 g/mol. The number of hydrogen-bond donors (Lipinski definition) is 1. The highest BCUT2D eigenvalue weighted by Crippen LogP contribution is 2.18. The van der Waals surface area contributed by atoms with Crippen molar-refractivity contribution in [2.45, 2.75) is 19.5 Å². The lowest BCUT2D eigenvalue weighted by Crippen LogP contribution is -2.14. The molecule has 1 N–H and O–H groups in total. The van der Waals surface area contributed by atoms with Crippen molar-refractivity contribution in [3.63, 3.8) is 0 Å². The van der Waals surface area contributed by atoms with Crippen molar-refractivity contribution in [1.82, 2.24) is 14.8 Å². The predicted octanol–water partition coefficient (Wildman–Crippen LogP) is 2.31. The minimum absolute atomic E-state index is 0.932. The molecule has 0 bridgehead atoms. The highest BCUT2D eigenvalue weighted by molar-refractivity contribution is 5.80. The Kier molecular flexibility index (Phi) is 4.39. The van der Waals surface area contributed by atoms with Crippen LogP contribution in [-0.4, -0.2) is 37.2 Å². The van der Waals surface area contributed by atoms with Crippen molar-refractivity contribution in [1.29, 1.82) is 0 Å². The number of aryl methyl sites for hydroxylation is 1. The third-order valence-electron chi connectivity index (χ3n) is 3.22. The molecule has 0 saturated heterocycles. The summed E-state index contributed by atoms with van der Waals surface area (Å²) in [6, 6.07) is 8.93. The summed E-state index contributed by atoms with van der Waals surface area (Å²) in [5.41, 5.74) is 2.68. The van der Waals surface area contributed by atoms with Crippen molar-refractivity contribution in [2.24, 2.45) is 0 Å². The van der Waals surface area contributed by atoms with E-state index < -0.39 is 0 Å². The van der Waals surface area contributed by atoms with Gasteiger partial charge in [0.25, 0.3) is 0 Å². The van der Waals surface area contributed by atoms with E-state index in [1.807, 2.05) is 7.05 Å². The van der Waals surface area contributed by atoms with Crippen LogP contribution in [0.15, 0.2) is 30.5 Å². The lowest BCUT2D eigenvalue weighted by molar-refractivity contribution is 0.388. The van der Waals surface area contributed by atoms with Crippen LogP contribution >= 0.6 is 0 Å². The molecule has 18 heavy (non-hydrogen) atoms. The van der Waals surface area contributed by atoms with Crippen molar-refractivity contribution in [3.05, 3.63) is 36.0 Å². The molecular formula is C15H23N3. The summed E-state index contributed by atoms with van der Waals surface area (Å²) in [4.78, 5) is 2.23. The van der Waals surface area contributed by atoms with Crippen LogP contribution in [0.3, 0.4) is 0 Å². The van der Waals surface area contributed by atoms with Crippen LogP contribution in [0.5, 0.6) is 0 Å². The van der Waals surface area contributed by atoms with Crippen LogP contribution in [0.2, 0.25) is 0 Å². The Morgan fingerprint density at radius 3 is 2.78 bits per heavy atom. The summed E-state index contributed by atoms with van der Waals surface area (Å²) < 4.78 is 2.35. The Labute approximate surface area is 109 Å². The average molecular weight is 245 g/mol. The molecule has 0 aliphatic rings. The maximum Gasteiger partial charge on any atom is 0.0480 e. The first-order valence-corrected chi connectivity index (χ1v) is 6.58. The summed E-state index contributed by atoms with van der Waals surface area (Å²) in [7, 11) is 6.23. The molecule has 0 amide bonds. The van der Waals surface area contributed by atoms with Crippen molar-refractivity contribution < 1.29 is 0 Å². The van der Waals surface area contributed by atoms with E-state index >= 15 is 0 Å². The highest BCUT2D eigenvalue weighted by Gasteiger charge is 2.02. The third-order valence-corrected chi connectivity index (χ3v) is 3.22. The summed E-state index contributed by atoms with van der Waals surface area (Å²) in [6.07, 6.45) is 3.39. The number of rotatable bonds is 6. The molecule has 0 atom stereocenters. The Balaban J connectivity index is 2.10. The summed E-state index contributed by atoms with van der Waals surface area (Å²) in [5, 5.41) is 4.53. The second-order valence-electron chi connectivity index (χ2n) is 5.09. The average Bonchev–Trinajstić information content (AvgIpc) is 2.72. The molecule has 0 spiro atoms. The molecule has 0 unspecified atom stereocenters. The molecule has 3 nitrogen and oxygen atoms in total. The molecule has 98 valence electrons. The Morgan fingerprint density at radius 2 is 2.06 bits per heavy atom. The highest BCUT2D eigenvalue weighted by atomic mass is 15.1. The van der Waals surface area contributed by atoms with Crippen LogP contribution in [0.25, 0.3) is 10.9 Å². The summed E-state index contributed by atoms with van der Waals surface area (Å²) >= 11 is 0. The second-order valence-corrected chi connectivity index (χ2v) is 5.09. The Bertz CT molecular complexity index is 499. The van der Waals surface area contributed by atoms with E-state index in [1.165, 1.54) is 22.9 Å². The Hall–Kier alpha value is -1.32. The molecule has 1 aromatic carbocycles. The third kappa shape index (κ3) is 3.12. The number of nitrogens with zero attached hydrogens (tertiary/aromatic N) is 2. The minimum atomic E-state index is 0.932. The number of fused-ring (bicyclic) bond motifs is 1. The summed E-state index contributed by atoms with van der Waals surface area (Å²) in [5.74, 6) is 0. The van der Waals surface area contributed by atoms with Gasteiger partial charge in [-0.15, -0.1) is 0 Å². The van der Waals surface area contributed by atoms with Gasteiger partial charge in [0.2, 0.25) is 0 Å². The van der Waals surface area contributed by atoms with Crippen molar-refractivity contribution in [3.8, 4) is 0 Å². The first-order valence-electron chi connectivity index (χ1n) is 6.58. The molecule has 0 saturated carbocycles. The standard InChI is InChI=1S/C15H23N3/c1-16-12-13-5-6-15-14(11-13)7-10-18(15)9-4-8-17(2)3/h5-7,10-11,16H,4,8-9,12H2,1-3H3. The van der Waals surface area contributed by atoms with Gasteiger partial charge in [0.05, 0.1) is 0 Å². The zero-order valence-electron chi connectivity index (χ0n) is 11.6. The van der Waals surface area contributed by atoms with E-state index in [0.29, 0.717) is 0 Å². The van der Waals surface area contributed by atoms with Gasteiger partial charge in [0.1, 0.15) is 0 Å². The molecule has 0 radical (unpaired) electrons. The van der Waals surface area contributed by atoms with E-state index in [4.69, 9.17) is 0 Å². The van der Waals surface area contributed by atoms with Crippen LogP contribution in [-0.2, 0) is 13.1 Å². The van der Waals surface area contributed by atoms with Gasteiger partial charge in [0.15, 0.2) is 0 Å². The fraction of sp³-hybridized carbons (Fsp3) is 0.467. The van der Waals surface area contributed by atoms with E-state index in [-0.39, 0.29) is 0 Å². The van der Waals surface area contributed by atoms with Crippen molar-refractivity contribution in [2.75, 3.05) is 27.7 Å². The fourth-order valence-electron chi connectivity index (χ4n) is 2.32. The first kappa shape index (κ1) is 13.1. The number of benzene rings is 1. The molecule has 1 aromatic heterocycles. The molecule has 0 aliphatic heterocycles. The van der Waals surface area contributed by atoms with Crippen molar-refractivity contribution >= 4 is 10.9 Å². The maximum atomic E-state index is 3.19. The zero-order valence-corrected chi connectivity index (χ0v) is 11.6. The zero-order chi connectivity index (χ0) is 13.0. The Morgan fingerprint density at radius 1 is 1.22 bits per heavy atom. The van der Waals surface area contributed by atoms with E-state index in [1.54, 1.807) is 0 Å². The number of aromatic nitrogens is 1. The maximum absolute atomic E-state index is 3.19. The van der Waals surface area contributed by atoms with Gasteiger partial charge in [0, 0.05) is 24.8 Å². The molecule has 0 aliphatic carbocycles. The normalized spacial score (nSPS) is 11.6. The largest absolute Gasteiger partial charge is 0.347 e. The lowest BCUT2D eigenvalue weighted by atomic mass is 10.1. The van der Waals surface area contributed by atoms with Gasteiger partial charge in [-0.25, -0.2) is 0 Å². The van der Waals surface area contributed by atoms with Gasteiger partial charge in [-0.2, -0.15) is 0 Å². The lowest BCUT2D eigenvalue weighted by Gasteiger charge is -2.10. The first-order chi connectivity index (χ1) is 8.70. The molecule has 3 heteroatoms. The summed E-state index contributed by atoms with van der Waals surface area (Å²) in [6.45, 7) is 3.16. The number of nitrogens with one attached hydrogen (secondary N) is 1. The van der Waals surface area contributed by atoms with Gasteiger partial charge < -0.3 is 14.8 Å². The topological polar surface area (TPSA) is 20.2 Å². The quantitative estimate of drug-likeness (QED) is 0.843. The smallest absolute Gasteiger partial charge is 0.0480 e. The fourth-order valence-corrected chi connectivity index (χ4v) is 2.32. The van der Waals surface area contributed by atoms with Gasteiger partial charge in [-0.3, -0.25) is 0 Å². The van der Waals surface area contributed by atoms with E-state index in [2.05, 4.69) is 59.3 Å². The van der Waals surface area contributed by atoms with Crippen LogP contribution in [0.4, 0.5) is 0 Å². The molecule has 1 heterocycles. The molecule has 2 aromatic rings. The monoisotopic (exact) mass is 245 g/mol. The SMILES string of the molecule is CNCc1ccc2c(ccn2CCCN(C)C)c1. The van der Waals surface area contributed by atoms with E-state index in [9.17, 15) is 0 Å². The van der Waals surface area contributed by atoms with Gasteiger partial charge in [-0.05, 0) is 63.3 Å².